The monoisotopic (exact) mass is 243 g/mol. The van der Waals surface area contributed by atoms with Gasteiger partial charge in [0.2, 0.25) is 5.91 Å². The van der Waals surface area contributed by atoms with Gasteiger partial charge in [-0.25, -0.2) is 0 Å². The first kappa shape index (κ1) is 16.4. The van der Waals surface area contributed by atoms with Gasteiger partial charge in [-0.1, -0.05) is 53.4 Å². The summed E-state index contributed by atoms with van der Waals surface area (Å²) in [6, 6.07) is 0. The van der Waals surface area contributed by atoms with Crippen molar-refractivity contribution in [1.29, 1.82) is 0 Å². The van der Waals surface area contributed by atoms with Crippen LogP contribution in [0.1, 0.15) is 59.8 Å². The first-order chi connectivity index (χ1) is 8.06. The molecule has 2 atom stereocenters. The van der Waals surface area contributed by atoms with Crippen molar-refractivity contribution in [3.8, 4) is 0 Å². The van der Waals surface area contributed by atoms with Gasteiger partial charge in [0, 0.05) is 12.5 Å². The minimum Gasteiger partial charge on any atom is -0.391 e. The molecule has 0 aliphatic rings. The number of rotatable bonds is 9. The molecule has 0 bridgehead atoms. The summed E-state index contributed by atoms with van der Waals surface area (Å²) < 4.78 is 0. The maximum absolute atomic E-state index is 11.7. The van der Waals surface area contributed by atoms with E-state index in [2.05, 4.69) is 26.1 Å². The Morgan fingerprint density at radius 1 is 1.24 bits per heavy atom. The summed E-state index contributed by atoms with van der Waals surface area (Å²) in [4.78, 5) is 11.7. The Hall–Kier alpha value is -0.570. The molecule has 2 N–H and O–H groups in total. The van der Waals surface area contributed by atoms with Crippen molar-refractivity contribution in [3.05, 3.63) is 0 Å². The normalized spacial score (nSPS) is 14.7. The molecule has 0 saturated carbocycles. The van der Waals surface area contributed by atoms with E-state index in [0.29, 0.717) is 12.5 Å². The van der Waals surface area contributed by atoms with Crippen LogP contribution < -0.4 is 5.32 Å². The van der Waals surface area contributed by atoms with Crippen LogP contribution in [0.3, 0.4) is 0 Å². The molecule has 0 heterocycles. The van der Waals surface area contributed by atoms with Gasteiger partial charge in [-0.3, -0.25) is 4.79 Å². The fourth-order valence-corrected chi connectivity index (χ4v) is 2.02. The van der Waals surface area contributed by atoms with Gasteiger partial charge in [-0.05, 0) is 12.3 Å². The van der Waals surface area contributed by atoms with Crippen molar-refractivity contribution < 1.29 is 9.90 Å². The van der Waals surface area contributed by atoms with E-state index in [1.54, 1.807) is 0 Å². The number of nitrogens with one attached hydrogen (secondary N) is 1. The lowest BCUT2D eigenvalue weighted by Crippen LogP contribution is -2.38. The number of hydrogen-bond acceptors (Lipinski definition) is 2. The van der Waals surface area contributed by atoms with Gasteiger partial charge in [0.15, 0.2) is 0 Å². The van der Waals surface area contributed by atoms with Crippen LogP contribution in [0.15, 0.2) is 0 Å². The van der Waals surface area contributed by atoms with Crippen LogP contribution in [-0.4, -0.2) is 23.7 Å². The molecule has 0 fully saturated rings. The Balaban J connectivity index is 3.89. The van der Waals surface area contributed by atoms with Gasteiger partial charge in [0.05, 0.1) is 6.10 Å². The van der Waals surface area contributed by atoms with Crippen molar-refractivity contribution in [2.24, 2.45) is 11.8 Å². The van der Waals surface area contributed by atoms with Crippen LogP contribution in [-0.2, 0) is 4.79 Å². The number of carbonyl (C=O) groups excluding carboxylic acids is 1. The third-order valence-electron chi connectivity index (χ3n) is 3.52. The predicted molar refractivity (Wildman–Crippen MR) is 71.8 cm³/mol. The topological polar surface area (TPSA) is 49.3 Å². The Morgan fingerprint density at radius 2 is 1.82 bits per heavy atom. The Morgan fingerprint density at radius 3 is 2.29 bits per heavy atom. The molecule has 17 heavy (non-hydrogen) atoms. The molecular weight excluding hydrogens is 214 g/mol. The quantitative estimate of drug-likeness (QED) is 0.654. The average molecular weight is 243 g/mol. The summed E-state index contributed by atoms with van der Waals surface area (Å²) in [5.41, 5.74) is 0. The van der Waals surface area contributed by atoms with Crippen LogP contribution in [0.4, 0.5) is 0 Å². The molecule has 1 amide bonds. The highest BCUT2D eigenvalue weighted by Crippen LogP contribution is 2.13. The number of unbranched alkanes of at least 4 members (excludes halogenated alkanes) is 1. The zero-order chi connectivity index (χ0) is 13.3. The molecule has 0 aromatic rings. The van der Waals surface area contributed by atoms with Crippen molar-refractivity contribution in [2.45, 2.75) is 65.9 Å². The van der Waals surface area contributed by atoms with Crippen molar-refractivity contribution in [1.82, 2.24) is 5.32 Å². The number of aliphatic hydroxyl groups excluding tert-OH is 1. The molecule has 2 unspecified atom stereocenters. The van der Waals surface area contributed by atoms with Gasteiger partial charge in [-0.2, -0.15) is 0 Å². The minimum atomic E-state index is -0.410. The molecule has 0 aromatic carbocycles. The largest absolute Gasteiger partial charge is 0.391 e. The first-order valence-electron chi connectivity index (χ1n) is 7.02. The van der Waals surface area contributed by atoms with Crippen molar-refractivity contribution in [3.63, 3.8) is 0 Å². The van der Waals surface area contributed by atoms with Crippen LogP contribution in [0.25, 0.3) is 0 Å². The average Bonchev–Trinajstić information content (AvgIpc) is 2.34. The lowest BCUT2D eigenvalue weighted by Gasteiger charge is -2.21. The number of aliphatic hydroxyl groups is 1. The molecule has 0 aliphatic carbocycles. The Kier molecular flexibility index (Phi) is 9.14. The molecule has 0 spiro atoms. The molecule has 102 valence electrons. The second-order valence-electron chi connectivity index (χ2n) is 4.93. The van der Waals surface area contributed by atoms with E-state index in [1.807, 2.05) is 6.92 Å². The van der Waals surface area contributed by atoms with Crippen molar-refractivity contribution >= 4 is 5.91 Å². The van der Waals surface area contributed by atoms with Crippen LogP contribution in [0.5, 0.6) is 0 Å². The maximum Gasteiger partial charge on any atom is 0.222 e. The van der Waals surface area contributed by atoms with Crippen molar-refractivity contribution in [2.75, 3.05) is 6.54 Å². The molecule has 0 aliphatic heterocycles. The molecule has 0 rings (SSSR count). The SMILES string of the molecule is CCCCC(C)C(=O)NCC(O)C(CC)CC. The summed E-state index contributed by atoms with van der Waals surface area (Å²) in [6.07, 6.45) is 4.64. The van der Waals surface area contributed by atoms with E-state index in [0.717, 1.165) is 32.1 Å². The highest BCUT2D eigenvalue weighted by Gasteiger charge is 2.18. The zero-order valence-electron chi connectivity index (χ0n) is 11.8. The second kappa shape index (κ2) is 9.46. The number of hydrogen-bond donors (Lipinski definition) is 2. The van der Waals surface area contributed by atoms with Gasteiger partial charge in [0.25, 0.3) is 0 Å². The predicted octanol–water partition coefficient (Wildman–Crippen LogP) is 2.73. The zero-order valence-corrected chi connectivity index (χ0v) is 11.8. The van der Waals surface area contributed by atoms with E-state index >= 15 is 0 Å². The fraction of sp³-hybridized carbons (Fsp3) is 0.929. The minimum absolute atomic E-state index is 0.0591. The van der Waals surface area contributed by atoms with E-state index in [9.17, 15) is 9.90 Å². The summed E-state index contributed by atoms with van der Waals surface area (Å²) in [5, 5.41) is 12.8. The molecule has 3 nitrogen and oxygen atoms in total. The summed E-state index contributed by atoms with van der Waals surface area (Å²) in [5.74, 6) is 0.425. The molecule has 0 radical (unpaired) electrons. The highest BCUT2D eigenvalue weighted by atomic mass is 16.3. The fourth-order valence-electron chi connectivity index (χ4n) is 2.02. The third-order valence-corrected chi connectivity index (χ3v) is 3.52. The molecule has 3 heteroatoms. The molecular formula is C14H29NO2. The standard InChI is InChI=1S/C14H29NO2/c1-5-8-9-11(4)14(17)15-10-13(16)12(6-2)7-3/h11-13,16H,5-10H2,1-4H3,(H,15,17). The summed E-state index contributed by atoms with van der Waals surface area (Å²) in [7, 11) is 0. The number of carbonyl (C=O) groups is 1. The maximum atomic E-state index is 11.7. The van der Waals surface area contributed by atoms with Crippen LogP contribution in [0, 0.1) is 11.8 Å². The summed E-state index contributed by atoms with van der Waals surface area (Å²) in [6.45, 7) is 8.61. The van der Waals surface area contributed by atoms with Crippen LogP contribution in [0.2, 0.25) is 0 Å². The Bertz CT molecular complexity index is 202. The van der Waals surface area contributed by atoms with E-state index in [1.165, 1.54) is 0 Å². The molecule has 0 aromatic heterocycles. The first-order valence-corrected chi connectivity index (χ1v) is 7.02. The summed E-state index contributed by atoms with van der Waals surface area (Å²) >= 11 is 0. The Labute approximate surface area is 106 Å². The van der Waals surface area contributed by atoms with E-state index in [-0.39, 0.29) is 11.8 Å². The van der Waals surface area contributed by atoms with E-state index in [4.69, 9.17) is 0 Å². The van der Waals surface area contributed by atoms with Gasteiger partial charge in [-0.15, -0.1) is 0 Å². The van der Waals surface area contributed by atoms with Crippen LogP contribution >= 0.6 is 0 Å². The number of amides is 1. The smallest absolute Gasteiger partial charge is 0.222 e. The van der Waals surface area contributed by atoms with E-state index < -0.39 is 6.10 Å². The molecule has 0 saturated heterocycles. The lowest BCUT2D eigenvalue weighted by molar-refractivity contribution is -0.125. The third kappa shape index (κ3) is 6.67. The highest BCUT2D eigenvalue weighted by molar-refractivity contribution is 5.78. The lowest BCUT2D eigenvalue weighted by atomic mass is 9.96. The van der Waals surface area contributed by atoms with Gasteiger partial charge >= 0.3 is 0 Å². The van der Waals surface area contributed by atoms with Gasteiger partial charge < -0.3 is 10.4 Å². The second-order valence-corrected chi connectivity index (χ2v) is 4.93. The van der Waals surface area contributed by atoms with Gasteiger partial charge in [0.1, 0.15) is 0 Å².